The summed E-state index contributed by atoms with van der Waals surface area (Å²) in [7, 11) is 0. The number of piperidine rings is 1. The topological polar surface area (TPSA) is 58.4 Å². The van der Waals surface area contributed by atoms with Gasteiger partial charge in [0.15, 0.2) is 0 Å². The number of nitrogens with zero attached hydrogens (tertiary/aromatic N) is 1. The fraction of sp³-hybridized carbons (Fsp3) is 0.562. The van der Waals surface area contributed by atoms with E-state index in [1.807, 2.05) is 18.2 Å². The third-order valence-corrected chi connectivity index (χ3v) is 4.69. The van der Waals surface area contributed by atoms with Gasteiger partial charge >= 0.3 is 0 Å². The number of carbonyl (C=O) groups is 1. The molecule has 2 heterocycles. The summed E-state index contributed by atoms with van der Waals surface area (Å²) in [6.07, 6.45) is 5.20. The molecule has 0 saturated carbocycles. The average molecular weight is 273 g/mol. The summed E-state index contributed by atoms with van der Waals surface area (Å²) in [5.74, 6) is -0.340. The zero-order chi connectivity index (χ0) is 13.9. The molecule has 0 radical (unpaired) electrons. The number of primary amides is 1. The molecule has 20 heavy (non-hydrogen) atoms. The predicted molar refractivity (Wildman–Crippen MR) is 79.4 cm³/mol. The van der Waals surface area contributed by atoms with Gasteiger partial charge in [-0.3, -0.25) is 9.69 Å². The summed E-state index contributed by atoms with van der Waals surface area (Å²) < 4.78 is 0. The Morgan fingerprint density at radius 3 is 2.95 bits per heavy atom. The first kappa shape index (κ1) is 13.6. The number of fused-ring (bicyclic) bond motifs is 1. The fourth-order valence-electron chi connectivity index (χ4n) is 3.64. The van der Waals surface area contributed by atoms with Gasteiger partial charge < -0.3 is 11.1 Å². The van der Waals surface area contributed by atoms with Crippen molar-refractivity contribution in [2.75, 3.05) is 13.1 Å². The molecule has 4 nitrogen and oxygen atoms in total. The molecule has 3 N–H and O–H groups in total. The van der Waals surface area contributed by atoms with E-state index in [4.69, 9.17) is 5.73 Å². The maximum atomic E-state index is 11.4. The minimum Gasteiger partial charge on any atom is -0.366 e. The second-order valence-electron chi connectivity index (χ2n) is 5.90. The molecule has 0 aliphatic carbocycles. The van der Waals surface area contributed by atoms with Gasteiger partial charge in [0.05, 0.1) is 0 Å². The lowest BCUT2D eigenvalue weighted by Gasteiger charge is -2.32. The van der Waals surface area contributed by atoms with Gasteiger partial charge in [0.1, 0.15) is 0 Å². The van der Waals surface area contributed by atoms with Gasteiger partial charge in [-0.15, -0.1) is 0 Å². The van der Waals surface area contributed by atoms with Crippen LogP contribution in [0.15, 0.2) is 24.3 Å². The van der Waals surface area contributed by atoms with Crippen molar-refractivity contribution in [1.29, 1.82) is 0 Å². The number of hydrogen-bond donors (Lipinski definition) is 2. The zero-order valence-corrected chi connectivity index (χ0v) is 11.8. The van der Waals surface area contributed by atoms with Crippen LogP contribution in [-0.2, 0) is 6.54 Å². The lowest BCUT2D eigenvalue weighted by Crippen LogP contribution is -2.44. The Hall–Kier alpha value is -1.39. The van der Waals surface area contributed by atoms with Crippen molar-refractivity contribution in [2.24, 2.45) is 5.73 Å². The van der Waals surface area contributed by atoms with Crippen LogP contribution < -0.4 is 11.1 Å². The Bertz CT molecular complexity index is 488. The Balaban J connectivity index is 1.64. The first-order valence-corrected chi connectivity index (χ1v) is 7.61. The van der Waals surface area contributed by atoms with Crippen LogP contribution in [0.25, 0.3) is 0 Å². The normalized spacial score (nSPS) is 26.4. The smallest absolute Gasteiger partial charge is 0.249 e. The van der Waals surface area contributed by atoms with Crippen LogP contribution in [0.3, 0.4) is 0 Å². The number of benzene rings is 1. The molecule has 4 heteroatoms. The van der Waals surface area contributed by atoms with Gasteiger partial charge in [-0.1, -0.05) is 24.6 Å². The zero-order valence-electron chi connectivity index (χ0n) is 11.8. The third-order valence-electron chi connectivity index (χ3n) is 4.69. The summed E-state index contributed by atoms with van der Waals surface area (Å²) in [6, 6.07) is 8.86. The van der Waals surface area contributed by atoms with Crippen molar-refractivity contribution < 1.29 is 4.79 Å². The summed E-state index contributed by atoms with van der Waals surface area (Å²) in [6.45, 7) is 3.19. The van der Waals surface area contributed by atoms with E-state index in [0.29, 0.717) is 17.6 Å². The molecular weight excluding hydrogens is 250 g/mol. The number of nitrogens with one attached hydrogen (secondary N) is 1. The van der Waals surface area contributed by atoms with Gasteiger partial charge in [0, 0.05) is 30.7 Å². The van der Waals surface area contributed by atoms with Crippen LogP contribution in [0, 0.1) is 0 Å². The molecule has 0 spiro atoms. The highest BCUT2D eigenvalue weighted by atomic mass is 16.1. The quantitative estimate of drug-likeness (QED) is 0.874. The first-order chi connectivity index (χ1) is 9.75. The average Bonchev–Trinajstić information content (AvgIpc) is 2.88. The molecular formula is C16H23N3O. The molecule has 1 aromatic carbocycles. The number of carbonyl (C=O) groups excluding carboxylic acids is 1. The Labute approximate surface area is 120 Å². The van der Waals surface area contributed by atoms with Crippen molar-refractivity contribution >= 4 is 5.91 Å². The highest BCUT2D eigenvalue weighted by Gasteiger charge is 2.34. The second-order valence-corrected chi connectivity index (χ2v) is 5.90. The van der Waals surface area contributed by atoms with E-state index in [1.165, 1.54) is 38.8 Å². The lowest BCUT2D eigenvalue weighted by atomic mass is 9.98. The minimum atomic E-state index is -0.340. The van der Waals surface area contributed by atoms with Crippen LogP contribution >= 0.6 is 0 Å². The molecule has 2 unspecified atom stereocenters. The molecule has 3 rings (SSSR count). The first-order valence-electron chi connectivity index (χ1n) is 7.61. The molecule has 2 saturated heterocycles. The Kier molecular flexibility index (Phi) is 4.03. The van der Waals surface area contributed by atoms with Gasteiger partial charge in [-0.05, 0) is 37.4 Å². The van der Waals surface area contributed by atoms with Crippen LogP contribution in [0.1, 0.15) is 41.6 Å². The third kappa shape index (κ3) is 2.72. The maximum absolute atomic E-state index is 11.4. The molecule has 0 aromatic heterocycles. The maximum Gasteiger partial charge on any atom is 0.249 e. The van der Waals surface area contributed by atoms with Crippen LogP contribution in [-0.4, -0.2) is 36.0 Å². The van der Waals surface area contributed by atoms with Crippen molar-refractivity contribution in [3.8, 4) is 0 Å². The van der Waals surface area contributed by atoms with Gasteiger partial charge in [0.2, 0.25) is 5.91 Å². The van der Waals surface area contributed by atoms with E-state index >= 15 is 0 Å². The SMILES string of the molecule is NC(=O)c1ccccc1CNC1CCN2CCCCC12. The monoisotopic (exact) mass is 273 g/mol. The molecule has 2 fully saturated rings. The summed E-state index contributed by atoms with van der Waals surface area (Å²) in [5.41, 5.74) is 7.08. The van der Waals surface area contributed by atoms with Crippen LogP contribution in [0.2, 0.25) is 0 Å². The van der Waals surface area contributed by atoms with Gasteiger partial charge in [-0.2, -0.15) is 0 Å². The van der Waals surface area contributed by atoms with E-state index in [1.54, 1.807) is 6.07 Å². The summed E-state index contributed by atoms with van der Waals surface area (Å²) in [4.78, 5) is 14.0. The molecule has 108 valence electrons. The molecule has 2 aliphatic heterocycles. The minimum absolute atomic E-state index is 0.340. The highest BCUT2D eigenvalue weighted by Crippen LogP contribution is 2.27. The molecule has 2 atom stereocenters. The van der Waals surface area contributed by atoms with Gasteiger partial charge in [0.25, 0.3) is 0 Å². The number of amides is 1. The number of nitrogens with two attached hydrogens (primary N) is 1. The van der Waals surface area contributed by atoms with E-state index in [9.17, 15) is 4.79 Å². The van der Waals surface area contributed by atoms with Crippen LogP contribution in [0.4, 0.5) is 0 Å². The highest BCUT2D eigenvalue weighted by molar-refractivity contribution is 5.94. The van der Waals surface area contributed by atoms with Crippen molar-refractivity contribution in [1.82, 2.24) is 10.2 Å². The Morgan fingerprint density at radius 2 is 2.10 bits per heavy atom. The molecule has 0 bridgehead atoms. The lowest BCUT2D eigenvalue weighted by molar-refractivity contribution is 0.0999. The molecule has 1 amide bonds. The summed E-state index contributed by atoms with van der Waals surface area (Å²) >= 11 is 0. The standard InChI is InChI=1S/C16H23N3O/c17-16(20)13-6-2-1-5-12(13)11-18-14-8-10-19-9-4-3-7-15(14)19/h1-2,5-6,14-15,18H,3-4,7-11H2,(H2,17,20). The largest absolute Gasteiger partial charge is 0.366 e. The molecule has 1 aromatic rings. The summed E-state index contributed by atoms with van der Waals surface area (Å²) in [5, 5.41) is 3.64. The van der Waals surface area contributed by atoms with Gasteiger partial charge in [-0.25, -0.2) is 0 Å². The van der Waals surface area contributed by atoms with Crippen molar-refractivity contribution in [3.63, 3.8) is 0 Å². The Morgan fingerprint density at radius 1 is 1.25 bits per heavy atom. The van der Waals surface area contributed by atoms with E-state index in [-0.39, 0.29) is 5.91 Å². The molecule has 2 aliphatic rings. The van der Waals surface area contributed by atoms with Crippen LogP contribution in [0.5, 0.6) is 0 Å². The van der Waals surface area contributed by atoms with Crippen molar-refractivity contribution in [2.45, 2.75) is 44.3 Å². The van der Waals surface area contributed by atoms with Crippen molar-refractivity contribution in [3.05, 3.63) is 35.4 Å². The predicted octanol–water partition coefficient (Wildman–Crippen LogP) is 1.50. The second kappa shape index (κ2) is 5.94. The van der Waals surface area contributed by atoms with E-state index in [2.05, 4.69) is 10.2 Å². The van der Waals surface area contributed by atoms with E-state index < -0.39 is 0 Å². The van der Waals surface area contributed by atoms with E-state index in [0.717, 1.165) is 12.1 Å². The fourth-order valence-corrected chi connectivity index (χ4v) is 3.64. The number of rotatable bonds is 4. The number of hydrogen-bond acceptors (Lipinski definition) is 3.